The van der Waals surface area contributed by atoms with Crippen LogP contribution in [0, 0.1) is 20.2 Å². The van der Waals surface area contributed by atoms with Gasteiger partial charge in [0.05, 0.1) is 4.47 Å². The standard InChI is InChI=1S/C36H41N7O4.C17H21BrN4O.C11H13N3O2.C11H17N3.C10H11N3O2.C6H5Br2NO/c1-23(44)47-22-29-28(10-13-37-34(29)43-17-16-42-31-7-5-4-6-25(31)19-32(42)36(43)46)27-18-30(35(45)41(3)21-27)39-33-9-8-26(20-38-33)24-11-14-40(2)15-12-24;1-21-7-5-12(6-8-21)13-3-4-16(19-10-13)20-15-9-14(18)11-22(2)17(15)23;1-13-6-4-9(5-7-13)10-2-3-11(12-8-10)14(15)16;1-14-6-4-9(5-7-14)10-2-3-11(12)13-8-10;14-13(15)10-2-1-9(7-12-10)8-3-5-11-6-4-8;1-9-3-4(7)2-5(8)6(9)10/h8-10,13,18-21,24H,4-7,11-12,14-17,22H2,1-3H3,(H,38,39);3-4,9-12H,5-8H2,1-2H3,(H,19,20);2-4,8H,5-7H2,1H3;2-3,8-9H,4-7H2,1H3,(H2,12,13);1-3,7,11H,4-6H2;2-3H,1H3. The molecular formula is C91H108Br3N21O10. The van der Waals surface area contributed by atoms with E-state index >= 15 is 0 Å². The van der Waals surface area contributed by atoms with Crippen molar-refractivity contribution in [3.05, 3.63) is 274 Å². The summed E-state index contributed by atoms with van der Waals surface area (Å²) in [6.07, 6.45) is 33.2. The molecule has 34 heteroatoms. The Hall–Kier alpha value is -11.1. The van der Waals surface area contributed by atoms with E-state index in [1.54, 1.807) is 98.1 Å². The lowest BCUT2D eigenvalue weighted by Crippen LogP contribution is -2.41. The summed E-state index contributed by atoms with van der Waals surface area (Å²) in [5.74, 6) is 3.34. The summed E-state index contributed by atoms with van der Waals surface area (Å²) in [6, 6.07) is 27.7. The molecule has 0 bridgehead atoms. The van der Waals surface area contributed by atoms with E-state index in [0.29, 0.717) is 92.3 Å². The first-order valence-corrected chi connectivity index (χ1v) is 44.4. The predicted octanol–water partition coefficient (Wildman–Crippen LogP) is 14.4. The summed E-state index contributed by atoms with van der Waals surface area (Å²) in [4.78, 5) is 119. The van der Waals surface area contributed by atoms with Crippen LogP contribution in [0.25, 0.3) is 22.3 Å². The second-order valence-corrected chi connectivity index (χ2v) is 35.1. The maximum atomic E-state index is 14.0. The Bertz CT molecular complexity index is 5640. The first-order valence-electron chi connectivity index (χ1n) is 42.0. The van der Waals surface area contributed by atoms with E-state index in [1.165, 1.54) is 106 Å². The number of nitrogens with one attached hydrogen (secondary N) is 3. The molecule has 10 aromatic heterocycles. The van der Waals surface area contributed by atoms with Gasteiger partial charge >= 0.3 is 17.6 Å². The van der Waals surface area contributed by atoms with Crippen LogP contribution >= 0.6 is 47.8 Å². The van der Waals surface area contributed by atoms with Crippen LogP contribution in [0.4, 0.5) is 46.3 Å². The quantitative estimate of drug-likeness (QED) is 0.0421. The molecule has 0 aromatic carbocycles. The van der Waals surface area contributed by atoms with Crippen LogP contribution in [0.3, 0.4) is 0 Å². The molecule has 5 N–H and O–H groups in total. The number of amides is 1. The number of aryl methyl sites for hydroxylation is 4. The Labute approximate surface area is 752 Å². The molecule has 0 atom stereocenters. The number of ether oxygens (including phenoxy) is 1. The van der Waals surface area contributed by atoms with Gasteiger partial charge in [0, 0.05) is 153 Å². The molecule has 1 amide bonds. The van der Waals surface area contributed by atoms with Gasteiger partial charge in [-0.05, 0) is 336 Å². The number of piperidine rings is 3. The van der Waals surface area contributed by atoms with Crippen LogP contribution in [0.1, 0.15) is 144 Å². The van der Waals surface area contributed by atoms with Crippen LogP contribution in [-0.4, -0.2) is 190 Å². The number of carbonyl (C=O) groups excluding carboxylic acids is 2. The van der Waals surface area contributed by atoms with Crippen LogP contribution < -0.4 is 43.3 Å². The number of esters is 1. The summed E-state index contributed by atoms with van der Waals surface area (Å²) in [5.41, 5.74) is 19.6. The lowest BCUT2D eigenvalue weighted by atomic mass is 9.91. The minimum Gasteiger partial charge on any atom is -0.461 e. The molecule has 3 fully saturated rings. The molecule has 17 rings (SSSR count). The first kappa shape index (κ1) is 93.1. The molecule has 0 radical (unpaired) electrons. The Balaban J connectivity index is 0.000000151. The second-order valence-electron chi connectivity index (χ2n) is 32.4. The van der Waals surface area contributed by atoms with Crippen molar-refractivity contribution in [2.75, 3.05) is 121 Å². The number of anilines is 6. The summed E-state index contributed by atoms with van der Waals surface area (Å²) in [5, 5.41) is 30.4. The summed E-state index contributed by atoms with van der Waals surface area (Å²) < 4.78 is 14.6. The molecule has 16 heterocycles. The van der Waals surface area contributed by atoms with Gasteiger partial charge in [-0.2, -0.15) is 0 Å². The van der Waals surface area contributed by atoms with E-state index in [9.17, 15) is 44.2 Å². The number of nitrogens with zero attached hydrogens (tertiary/aromatic N) is 17. The number of nitro groups is 2. The molecule has 0 spiro atoms. The predicted molar refractivity (Wildman–Crippen MR) is 499 cm³/mol. The lowest BCUT2D eigenvalue weighted by molar-refractivity contribution is -0.389. The number of rotatable bonds is 15. The average molecular weight is 1900 g/mol. The Morgan fingerprint density at radius 1 is 0.536 bits per heavy atom. The number of nitrogens with two attached hydrogens (primary N) is 1. The fraction of sp³-hybridized carbons (Fsp3) is 0.396. The number of pyridine rings is 9. The van der Waals surface area contributed by atoms with Crippen molar-refractivity contribution in [3.8, 4) is 11.1 Å². The van der Waals surface area contributed by atoms with Crippen molar-refractivity contribution in [2.45, 2.75) is 115 Å². The van der Waals surface area contributed by atoms with Crippen LogP contribution in [-0.2, 0) is 56.7 Å². The van der Waals surface area contributed by atoms with Gasteiger partial charge in [-0.3, -0.25) is 28.9 Å². The highest BCUT2D eigenvalue weighted by atomic mass is 79.9. The topological polar surface area (TPSA) is 356 Å². The molecule has 3 saturated heterocycles. The van der Waals surface area contributed by atoms with Crippen LogP contribution in [0.5, 0.6) is 0 Å². The van der Waals surface area contributed by atoms with Crippen molar-refractivity contribution in [3.63, 3.8) is 0 Å². The minimum atomic E-state index is -0.486. The first-order chi connectivity index (χ1) is 60.1. The smallest absolute Gasteiger partial charge is 0.363 e. The van der Waals surface area contributed by atoms with E-state index in [0.717, 1.165) is 124 Å². The molecule has 10 aromatic rings. The second kappa shape index (κ2) is 44.2. The number of carbonyl (C=O) groups is 2. The zero-order valence-corrected chi connectivity index (χ0v) is 76.6. The van der Waals surface area contributed by atoms with Crippen molar-refractivity contribution in [1.29, 1.82) is 0 Å². The van der Waals surface area contributed by atoms with Gasteiger partial charge in [0.25, 0.3) is 22.6 Å². The van der Waals surface area contributed by atoms with Crippen LogP contribution in [0.2, 0.25) is 0 Å². The molecule has 0 saturated carbocycles. The van der Waals surface area contributed by atoms with E-state index in [2.05, 4.69) is 176 Å². The average Bonchev–Trinajstić information content (AvgIpc) is 1.67. The fourth-order valence-electron chi connectivity index (χ4n) is 16.2. The van der Waals surface area contributed by atoms with Crippen molar-refractivity contribution < 1.29 is 24.2 Å². The Kier molecular flexibility index (Phi) is 32.9. The van der Waals surface area contributed by atoms with E-state index < -0.39 is 15.8 Å². The molecular weight excluding hydrogens is 1790 g/mol. The SMILES string of the molecule is CC(=O)OCc1c(-c2cc(Nc3ccc(C4CCN(C)CC4)cn3)c(=O)n(C)c2)ccnc1N1CCn2c(cc3c2CCCC3)C1=O.CN1CC=C(c2ccc([N+](=O)[O-])nc2)CC1.CN1CCC(c2ccc(N)nc2)CC1.CN1CCC(c2ccc(Nc3cc(Br)cn(C)c3=O)nc2)CC1.Cn1cc(Br)cc(Br)c1=O.O=[N+]([O-])c1ccc(C2=CCNCC2)cn1. The van der Waals surface area contributed by atoms with Crippen LogP contribution in [0.15, 0.2) is 187 Å². The maximum Gasteiger partial charge on any atom is 0.363 e. The highest BCUT2D eigenvalue weighted by Gasteiger charge is 2.34. The molecule has 31 nitrogen and oxygen atoms in total. The third-order valence-corrected chi connectivity index (χ3v) is 24.9. The monoisotopic (exact) mass is 1890 g/mol. The van der Waals surface area contributed by atoms with Gasteiger partial charge in [0.15, 0.2) is 0 Å². The minimum absolute atomic E-state index is 0.0248. The molecule has 658 valence electrons. The summed E-state index contributed by atoms with van der Waals surface area (Å²) in [6.45, 7) is 13.0. The number of likely N-dealkylation sites (tertiary alicyclic amines) is 3. The highest BCUT2D eigenvalue weighted by Crippen LogP contribution is 2.37. The third-order valence-electron chi connectivity index (χ3n) is 23.4. The van der Waals surface area contributed by atoms with Crippen molar-refractivity contribution in [2.24, 2.45) is 21.1 Å². The lowest BCUT2D eigenvalue weighted by Gasteiger charge is -2.31. The molecule has 7 aliphatic rings. The maximum absolute atomic E-state index is 14.0. The summed E-state index contributed by atoms with van der Waals surface area (Å²) >= 11 is 9.80. The largest absolute Gasteiger partial charge is 0.461 e. The number of fused-ring (bicyclic) bond motifs is 3. The van der Waals surface area contributed by atoms with E-state index in [4.69, 9.17) is 10.5 Å². The Morgan fingerprint density at radius 2 is 1.06 bits per heavy atom. The number of likely N-dealkylation sites (N-methyl/N-ethyl adjacent to an activating group) is 1. The number of aromatic nitrogens is 10. The molecule has 1 aliphatic carbocycles. The van der Waals surface area contributed by atoms with Crippen molar-refractivity contribution >= 4 is 117 Å². The number of hydrogen-bond donors (Lipinski definition) is 4. The van der Waals surface area contributed by atoms with Gasteiger partial charge in [-0.1, -0.05) is 30.4 Å². The van der Waals surface area contributed by atoms with Gasteiger partial charge in [-0.25, -0.2) is 19.9 Å². The normalized spacial score (nSPS) is 16.5. The number of nitrogen functional groups attached to an aromatic ring is 1. The highest BCUT2D eigenvalue weighted by molar-refractivity contribution is 9.11. The number of halogens is 3. The zero-order valence-electron chi connectivity index (χ0n) is 71.8. The summed E-state index contributed by atoms with van der Waals surface area (Å²) in [7, 11) is 13.7. The van der Waals surface area contributed by atoms with Gasteiger partial charge in [0.1, 0.15) is 59.3 Å². The van der Waals surface area contributed by atoms with E-state index in [-0.39, 0.29) is 40.8 Å². The molecule has 125 heavy (non-hydrogen) atoms. The van der Waals surface area contributed by atoms with Gasteiger partial charge < -0.3 is 84.5 Å². The fourth-order valence-corrected chi connectivity index (χ4v) is 18.1. The van der Waals surface area contributed by atoms with E-state index in [1.807, 2.05) is 48.9 Å². The Morgan fingerprint density at radius 3 is 1.54 bits per heavy atom. The third kappa shape index (κ3) is 25.4. The van der Waals surface area contributed by atoms with Gasteiger partial charge in [0.2, 0.25) is 0 Å². The van der Waals surface area contributed by atoms with Crippen molar-refractivity contribution in [1.82, 2.24) is 73.1 Å². The number of hydrogen-bond acceptors (Lipinski definition) is 24. The molecule has 0 unspecified atom stereocenters. The zero-order chi connectivity index (χ0) is 89.0. The molecule has 6 aliphatic heterocycles. The van der Waals surface area contributed by atoms with Gasteiger partial charge in [-0.15, -0.1) is 0 Å².